The van der Waals surface area contributed by atoms with E-state index in [0.717, 1.165) is 50.5 Å². The van der Waals surface area contributed by atoms with Crippen molar-refractivity contribution in [3.05, 3.63) is 53.2 Å². The third-order valence-electron chi connectivity index (χ3n) is 4.83. The fraction of sp³-hybridized carbons (Fsp3) is 0.429. The van der Waals surface area contributed by atoms with E-state index in [4.69, 9.17) is 4.74 Å². The minimum absolute atomic E-state index is 0.0748. The molecule has 0 radical (unpaired) electrons. The van der Waals surface area contributed by atoms with Gasteiger partial charge in [-0.05, 0) is 36.6 Å². The second-order valence-electron chi connectivity index (χ2n) is 6.73. The van der Waals surface area contributed by atoms with Crippen LogP contribution < -0.4 is 10.6 Å². The number of ether oxygens (including phenoxy) is 1. The van der Waals surface area contributed by atoms with Crippen molar-refractivity contribution in [2.75, 3.05) is 44.7 Å². The zero-order valence-electron chi connectivity index (χ0n) is 16.1. The summed E-state index contributed by atoms with van der Waals surface area (Å²) in [6, 6.07) is 9.79. The van der Waals surface area contributed by atoms with Gasteiger partial charge in [-0.2, -0.15) is 0 Å². The molecule has 1 aliphatic rings. The highest BCUT2D eigenvalue weighted by molar-refractivity contribution is 5.95. The summed E-state index contributed by atoms with van der Waals surface area (Å²) in [4.78, 5) is 19.1. The Morgan fingerprint density at radius 2 is 2.07 bits per heavy atom. The molecule has 6 nitrogen and oxygen atoms in total. The van der Waals surface area contributed by atoms with E-state index in [1.807, 2.05) is 0 Å². The molecule has 1 fully saturated rings. The van der Waals surface area contributed by atoms with Gasteiger partial charge in [0.2, 0.25) is 0 Å². The van der Waals surface area contributed by atoms with Crippen molar-refractivity contribution < 1.29 is 9.53 Å². The molecule has 0 saturated carbocycles. The number of carbonyl (C=O) groups is 1. The van der Waals surface area contributed by atoms with E-state index in [-0.39, 0.29) is 5.91 Å². The van der Waals surface area contributed by atoms with Gasteiger partial charge in [0.25, 0.3) is 5.91 Å². The molecule has 0 bridgehead atoms. The summed E-state index contributed by atoms with van der Waals surface area (Å²) in [6.07, 6.45) is 2.61. The first-order chi connectivity index (χ1) is 13.2. The number of amides is 1. The highest BCUT2D eigenvalue weighted by Gasteiger charge is 2.12. The number of aromatic nitrogens is 1. The number of hydrogen-bond acceptors (Lipinski definition) is 5. The molecule has 144 valence electrons. The number of benzene rings is 1. The van der Waals surface area contributed by atoms with E-state index in [9.17, 15) is 4.79 Å². The minimum atomic E-state index is -0.0748. The van der Waals surface area contributed by atoms with Crippen molar-refractivity contribution in [1.82, 2.24) is 15.2 Å². The number of morpholine rings is 1. The lowest BCUT2D eigenvalue weighted by atomic mass is 10.1. The molecule has 1 aliphatic heterocycles. The normalized spacial score (nSPS) is 14.7. The van der Waals surface area contributed by atoms with Gasteiger partial charge in [0, 0.05) is 43.6 Å². The Labute approximate surface area is 160 Å². The molecule has 2 heterocycles. The van der Waals surface area contributed by atoms with Crippen LogP contribution in [0.2, 0.25) is 0 Å². The van der Waals surface area contributed by atoms with E-state index < -0.39 is 0 Å². The van der Waals surface area contributed by atoms with E-state index in [1.165, 1.54) is 5.56 Å². The molecule has 0 atom stereocenters. The summed E-state index contributed by atoms with van der Waals surface area (Å²) in [5, 5.41) is 6.38. The minimum Gasteiger partial charge on any atom is -0.379 e. The molecular weight excluding hydrogens is 340 g/mol. The van der Waals surface area contributed by atoms with Crippen molar-refractivity contribution in [2.45, 2.75) is 20.3 Å². The Hall–Kier alpha value is -2.44. The van der Waals surface area contributed by atoms with Crippen LogP contribution in [0.25, 0.3) is 0 Å². The number of nitrogens with one attached hydrogen (secondary N) is 2. The number of hydrogen-bond donors (Lipinski definition) is 2. The SMILES string of the molecule is CCc1cccc(C)c1Nc1cc(C(=O)NCCN2CCOCC2)ccn1. The summed E-state index contributed by atoms with van der Waals surface area (Å²) < 4.78 is 5.34. The summed E-state index contributed by atoms with van der Waals surface area (Å²) in [5.41, 5.74) is 4.08. The molecule has 0 aliphatic carbocycles. The Morgan fingerprint density at radius 3 is 2.85 bits per heavy atom. The maximum absolute atomic E-state index is 12.5. The molecule has 2 N–H and O–H groups in total. The monoisotopic (exact) mass is 368 g/mol. The van der Waals surface area contributed by atoms with E-state index in [2.05, 4.69) is 52.6 Å². The predicted molar refractivity (Wildman–Crippen MR) is 108 cm³/mol. The topological polar surface area (TPSA) is 66.5 Å². The smallest absolute Gasteiger partial charge is 0.251 e. The maximum atomic E-state index is 12.5. The fourth-order valence-corrected chi connectivity index (χ4v) is 3.22. The molecule has 1 aromatic carbocycles. The average molecular weight is 368 g/mol. The summed E-state index contributed by atoms with van der Waals surface area (Å²) in [5.74, 6) is 0.606. The maximum Gasteiger partial charge on any atom is 0.251 e. The Morgan fingerprint density at radius 1 is 1.26 bits per heavy atom. The second-order valence-corrected chi connectivity index (χ2v) is 6.73. The third kappa shape index (κ3) is 5.28. The van der Waals surface area contributed by atoms with E-state index in [1.54, 1.807) is 18.3 Å². The highest BCUT2D eigenvalue weighted by atomic mass is 16.5. The Kier molecular flexibility index (Phi) is 6.79. The molecule has 1 amide bonds. The lowest BCUT2D eigenvalue weighted by molar-refractivity contribution is 0.0383. The fourth-order valence-electron chi connectivity index (χ4n) is 3.22. The molecule has 0 unspecified atom stereocenters. The number of anilines is 2. The average Bonchev–Trinajstić information content (AvgIpc) is 2.70. The first kappa shape index (κ1) is 19.3. The van der Waals surface area contributed by atoms with E-state index in [0.29, 0.717) is 17.9 Å². The zero-order chi connectivity index (χ0) is 19.1. The van der Waals surface area contributed by atoms with Crippen molar-refractivity contribution in [1.29, 1.82) is 0 Å². The van der Waals surface area contributed by atoms with Gasteiger partial charge in [-0.25, -0.2) is 4.98 Å². The first-order valence-corrected chi connectivity index (χ1v) is 9.57. The van der Waals surface area contributed by atoms with Gasteiger partial charge in [-0.3, -0.25) is 9.69 Å². The van der Waals surface area contributed by atoms with Gasteiger partial charge in [-0.15, -0.1) is 0 Å². The van der Waals surface area contributed by atoms with Gasteiger partial charge in [0.15, 0.2) is 0 Å². The third-order valence-corrected chi connectivity index (χ3v) is 4.83. The number of carbonyl (C=O) groups excluding carboxylic acids is 1. The molecule has 2 aromatic rings. The lowest BCUT2D eigenvalue weighted by Gasteiger charge is -2.26. The van der Waals surface area contributed by atoms with Crippen LogP contribution in [0.1, 0.15) is 28.4 Å². The highest BCUT2D eigenvalue weighted by Crippen LogP contribution is 2.24. The number of nitrogens with zero attached hydrogens (tertiary/aromatic N) is 2. The molecule has 1 saturated heterocycles. The number of para-hydroxylation sites is 1. The Balaban J connectivity index is 1.60. The van der Waals surface area contributed by atoms with Crippen LogP contribution in [0.15, 0.2) is 36.5 Å². The van der Waals surface area contributed by atoms with Gasteiger partial charge in [0.05, 0.1) is 13.2 Å². The van der Waals surface area contributed by atoms with E-state index >= 15 is 0 Å². The van der Waals surface area contributed by atoms with Crippen LogP contribution >= 0.6 is 0 Å². The van der Waals surface area contributed by atoms with Gasteiger partial charge in [-0.1, -0.05) is 25.1 Å². The van der Waals surface area contributed by atoms with Crippen molar-refractivity contribution in [2.24, 2.45) is 0 Å². The van der Waals surface area contributed by atoms with Gasteiger partial charge >= 0.3 is 0 Å². The van der Waals surface area contributed by atoms with Crippen molar-refractivity contribution >= 4 is 17.4 Å². The number of aryl methyl sites for hydroxylation is 2. The quantitative estimate of drug-likeness (QED) is 0.787. The molecule has 3 rings (SSSR count). The lowest BCUT2D eigenvalue weighted by Crippen LogP contribution is -2.41. The van der Waals surface area contributed by atoms with Crippen LogP contribution in [0, 0.1) is 6.92 Å². The van der Waals surface area contributed by atoms with Gasteiger partial charge < -0.3 is 15.4 Å². The van der Waals surface area contributed by atoms with Crippen LogP contribution in [0.5, 0.6) is 0 Å². The molecule has 6 heteroatoms. The van der Waals surface area contributed by atoms with Crippen LogP contribution in [0.3, 0.4) is 0 Å². The van der Waals surface area contributed by atoms with Crippen LogP contribution in [0.4, 0.5) is 11.5 Å². The summed E-state index contributed by atoms with van der Waals surface area (Å²) in [7, 11) is 0. The molecule has 27 heavy (non-hydrogen) atoms. The molecule has 1 aromatic heterocycles. The largest absolute Gasteiger partial charge is 0.379 e. The van der Waals surface area contributed by atoms with Crippen molar-refractivity contribution in [3.63, 3.8) is 0 Å². The second kappa shape index (κ2) is 9.48. The Bertz CT molecular complexity index is 773. The predicted octanol–water partition coefficient (Wildman–Crippen LogP) is 2.76. The van der Waals surface area contributed by atoms with Gasteiger partial charge in [0.1, 0.15) is 5.82 Å². The first-order valence-electron chi connectivity index (χ1n) is 9.57. The summed E-state index contributed by atoms with van der Waals surface area (Å²) in [6.45, 7) is 9.06. The zero-order valence-corrected chi connectivity index (χ0v) is 16.1. The standard InChI is InChI=1S/C21H28N4O2/c1-3-17-6-4-5-16(2)20(17)24-19-15-18(7-8-22-19)21(26)23-9-10-25-11-13-27-14-12-25/h4-8,15H,3,9-14H2,1-2H3,(H,22,24)(H,23,26). The molecular formula is C21H28N4O2. The summed E-state index contributed by atoms with van der Waals surface area (Å²) >= 11 is 0. The number of pyridine rings is 1. The van der Waals surface area contributed by atoms with Crippen LogP contribution in [-0.2, 0) is 11.2 Å². The van der Waals surface area contributed by atoms with Crippen molar-refractivity contribution in [3.8, 4) is 0 Å². The molecule has 0 spiro atoms. The number of rotatable bonds is 7. The van der Waals surface area contributed by atoms with Crippen LogP contribution in [-0.4, -0.2) is 55.2 Å².